The molecule has 0 amide bonds. The number of aliphatic hydroxyl groups excluding tert-OH is 1. The van der Waals surface area contributed by atoms with Gasteiger partial charge in [-0.25, -0.2) is 0 Å². The first-order valence-electron chi connectivity index (χ1n) is 8.10. The summed E-state index contributed by atoms with van der Waals surface area (Å²) in [6.07, 6.45) is 0. The van der Waals surface area contributed by atoms with Crippen LogP contribution in [0.1, 0.15) is 35.5 Å². The van der Waals surface area contributed by atoms with Crippen molar-refractivity contribution in [3.05, 3.63) is 40.7 Å². The third-order valence-electron chi connectivity index (χ3n) is 4.33. The predicted octanol–water partition coefficient (Wildman–Crippen LogP) is 2.36. The molecule has 1 heterocycles. The van der Waals surface area contributed by atoms with Crippen LogP contribution >= 0.6 is 0 Å². The van der Waals surface area contributed by atoms with Gasteiger partial charge in [0.15, 0.2) is 0 Å². The van der Waals surface area contributed by atoms with Gasteiger partial charge in [0.25, 0.3) is 0 Å². The molecule has 0 bridgehead atoms. The molecule has 24 heavy (non-hydrogen) atoms. The zero-order valence-electron chi connectivity index (χ0n) is 15.1. The first kappa shape index (κ1) is 18.3. The average Bonchev–Trinajstić information content (AvgIpc) is 2.86. The van der Waals surface area contributed by atoms with Crippen LogP contribution in [0.25, 0.3) is 0 Å². The molecule has 2 N–H and O–H groups in total. The SMILES string of the molecule is COc1ccc(OC)c([C@@H](C)NCc2c(C)nn(CCO)c2C)c1. The number of nitrogens with one attached hydrogen (secondary N) is 1. The van der Waals surface area contributed by atoms with Crippen LogP contribution in [0.15, 0.2) is 18.2 Å². The van der Waals surface area contributed by atoms with Crippen molar-refractivity contribution in [2.45, 2.75) is 39.9 Å². The Bertz CT molecular complexity index is 682. The highest BCUT2D eigenvalue weighted by atomic mass is 16.5. The van der Waals surface area contributed by atoms with Crippen LogP contribution in [0, 0.1) is 13.8 Å². The fourth-order valence-corrected chi connectivity index (χ4v) is 2.85. The molecule has 0 aliphatic heterocycles. The molecule has 2 aromatic rings. The molecule has 1 aromatic carbocycles. The van der Waals surface area contributed by atoms with Gasteiger partial charge in [0.1, 0.15) is 11.5 Å². The van der Waals surface area contributed by atoms with Gasteiger partial charge in [0.05, 0.1) is 33.1 Å². The Hall–Kier alpha value is -2.05. The van der Waals surface area contributed by atoms with Gasteiger partial charge in [-0.15, -0.1) is 0 Å². The smallest absolute Gasteiger partial charge is 0.123 e. The van der Waals surface area contributed by atoms with E-state index < -0.39 is 0 Å². The van der Waals surface area contributed by atoms with Crippen molar-refractivity contribution in [1.82, 2.24) is 15.1 Å². The Morgan fingerprint density at radius 2 is 2.00 bits per heavy atom. The van der Waals surface area contributed by atoms with Gasteiger partial charge in [-0.1, -0.05) is 0 Å². The third-order valence-corrected chi connectivity index (χ3v) is 4.33. The summed E-state index contributed by atoms with van der Waals surface area (Å²) in [4.78, 5) is 0. The number of benzene rings is 1. The Morgan fingerprint density at radius 3 is 2.62 bits per heavy atom. The maximum atomic E-state index is 9.12. The number of aryl methyl sites for hydroxylation is 1. The molecule has 2 rings (SSSR count). The third kappa shape index (κ3) is 3.88. The highest BCUT2D eigenvalue weighted by molar-refractivity contribution is 5.42. The second-order valence-corrected chi connectivity index (χ2v) is 5.81. The van der Waals surface area contributed by atoms with Crippen molar-refractivity contribution < 1.29 is 14.6 Å². The summed E-state index contributed by atoms with van der Waals surface area (Å²) >= 11 is 0. The van der Waals surface area contributed by atoms with Gasteiger partial charge >= 0.3 is 0 Å². The summed E-state index contributed by atoms with van der Waals surface area (Å²) < 4.78 is 12.6. The standard InChI is InChI=1S/C18H27N3O3/c1-12(16-10-15(23-4)6-7-18(16)24-5)19-11-17-13(2)20-21(8-9-22)14(17)3/h6-7,10,12,19,22H,8-9,11H2,1-5H3/t12-/m1/s1. The van der Waals surface area contributed by atoms with Crippen molar-refractivity contribution in [2.75, 3.05) is 20.8 Å². The van der Waals surface area contributed by atoms with E-state index >= 15 is 0 Å². The van der Waals surface area contributed by atoms with Crippen molar-refractivity contribution in [1.29, 1.82) is 0 Å². The number of aliphatic hydroxyl groups is 1. The normalized spacial score (nSPS) is 12.2. The summed E-state index contributed by atoms with van der Waals surface area (Å²) in [7, 11) is 3.33. The van der Waals surface area contributed by atoms with Crippen LogP contribution in [-0.4, -0.2) is 35.7 Å². The zero-order chi connectivity index (χ0) is 17.7. The lowest BCUT2D eigenvalue weighted by Gasteiger charge is -2.18. The van der Waals surface area contributed by atoms with E-state index in [9.17, 15) is 0 Å². The molecule has 0 unspecified atom stereocenters. The maximum absolute atomic E-state index is 9.12. The van der Waals surface area contributed by atoms with E-state index in [2.05, 4.69) is 17.3 Å². The predicted molar refractivity (Wildman–Crippen MR) is 93.6 cm³/mol. The maximum Gasteiger partial charge on any atom is 0.123 e. The largest absolute Gasteiger partial charge is 0.497 e. The van der Waals surface area contributed by atoms with Crippen molar-refractivity contribution in [3.8, 4) is 11.5 Å². The summed E-state index contributed by atoms with van der Waals surface area (Å²) in [6, 6.07) is 5.89. The van der Waals surface area contributed by atoms with E-state index in [-0.39, 0.29) is 12.6 Å². The van der Waals surface area contributed by atoms with Crippen LogP contribution in [0.3, 0.4) is 0 Å². The monoisotopic (exact) mass is 333 g/mol. The van der Waals surface area contributed by atoms with Gasteiger partial charge in [-0.2, -0.15) is 5.10 Å². The van der Waals surface area contributed by atoms with Gasteiger partial charge < -0.3 is 19.9 Å². The molecule has 0 radical (unpaired) electrons. The Morgan fingerprint density at radius 1 is 1.25 bits per heavy atom. The minimum atomic E-state index is 0.0895. The highest BCUT2D eigenvalue weighted by Gasteiger charge is 2.15. The van der Waals surface area contributed by atoms with Crippen LogP contribution in [0.4, 0.5) is 0 Å². The highest BCUT2D eigenvalue weighted by Crippen LogP contribution is 2.29. The molecule has 6 heteroatoms. The lowest BCUT2D eigenvalue weighted by molar-refractivity contribution is 0.267. The Kier molecular flexibility index (Phi) is 6.23. The quantitative estimate of drug-likeness (QED) is 0.776. The van der Waals surface area contributed by atoms with Gasteiger partial charge in [0, 0.05) is 29.4 Å². The molecule has 0 saturated heterocycles. The first-order chi connectivity index (χ1) is 11.5. The molecule has 0 aliphatic rings. The van der Waals surface area contributed by atoms with Crippen LogP contribution in [-0.2, 0) is 13.1 Å². The van der Waals surface area contributed by atoms with Crippen LogP contribution < -0.4 is 14.8 Å². The second-order valence-electron chi connectivity index (χ2n) is 5.81. The molecule has 1 aromatic heterocycles. The molecule has 6 nitrogen and oxygen atoms in total. The Balaban J connectivity index is 2.15. The molecule has 0 aliphatic carbocycles. The topological polar surface area (TPSA) is 68.5 Å². The van der Waals surface area contributed by atoms with Crippen LogP contribution in [0.5, 0.6) is 11.5 Å². The minimum Gasteiger partial charge on any atom is -0.497 e. The summed E-state index contributed by atoms with van der Waals surface area (Å²) in [5, 5.41) is 17.1. The van der Waals surface area contributed by atoms with E-state index in [1.165, 1.54) is 0 Å². The van der Waals surface area contributed by atoms with E-state index in [0.29, 0.717) is 13.1 Å². The summed E-state index contributed by atoms with van der Waals surface area (Å²) in [5.74, 6) is 1.64. The molecule has 132 valence electrons. The lowest BCUT2D eigenvalue weighted by atomic mass is 10.1. The minimum absolute atomic E-state index is 0.0895. The molecular weight excluding hydrogens is 306 g/mol. The Labute approximate surface area is 143 Å². The van der Waals surface area contributed by atoms with Crippen molar-refractivity contribution in [3.63, 3.8) is 0 Å². The summed E-state index contributed by atoms with van der Waals surface area (Å²) in [6.45, 7) is 7.43. The number of methoxy groups -OCH3 is 2. The second kappa shape index (κ2) is 8.17. The number of nitrogens with zero attached hydrogens (tertiary/aromatic N) is 2. The van der Waals surface area contributed by atoms with Crippen molar-refractivity contribution >= 4 is 0 Å². The summed E-state index contributed by atoms with van der Waals surface area (Å²) in [5.41, 5.74) is 4.28. The van der Waals surface area contributed by atoms with E-state index in [1.807, 2.05) is 36.7 Å². The lowest BCUT2D eigenvalue weighted by Crippen LogP contribution is -2.19. The van der Waals surface area contributed by atoms with Gasteiger partial charge in [0.2, 0.25) is 0 Å². The number of hydrogen-bond donors (Lipinski definition) is 2. The molecule has 0 saturated carbocycles. The number of rotatable bonds is 8. The van der Waals surface area contributed by atoms with Crippen molar-refractivity contribution in [2.24, 2.45) is 0 Å². The van der Waals surface area contributed by atoms with Gasteiger partial charge in [-0.05, 0) is 39.0 Å². The zero-order valence-corrected chi connectivity index (χ0v) is 15.1. The molecule has 0 fully saturated rings. The molecule has 0 spiro atoms. The molecule has 1 atom stereocenters. The fourth-order valence-electron chi connectivity index (χ4n) is 2.85. The van der Waals surface area contributed by atoms with E-state index in [4.69, 9.17) is 14.6 Å². The van der Waals surface area contributed by atoms with Crippen LogP contribution in [0.2, 0.25) is 0 Å². The fraction of sp³-hybridized carbons (Fsp3) is 0.500. The average molecular weight is 333 g/mol. The number of aromatic nitrogens is 2. The number of ether oxygens (including phenoxy) is 2. The first-order valence-corrected chi connectivity index (χ1v) is 8.10. The number of hydrogen-bond acceptors (Lipinski definition) is 5. The van der Waals surface area contributed by atoms with E-state index in [0.717, 1.165) is 34.0 Å². The van der Waals surface area contributed by atoms with E-state index in [1.54, 1.807) is 14.2 Å². The van der Waals surface area contributed by atoms with Gasteiger partial charge in [-0.3, -0.25) is 4.68 Å². The molecular formula is C18H27N3O3.